The molecule has 1 unspecified atom stereocenters. The molecule has 182 valence electrons. The van der Waals surface area contributed by atoms with Gasteiger partial charge < -0.3 is 23.9 Å². The summed E-state index contributed by atoms with van der Waals surface area (Å²) < 4.78 is 22.2. The molecule has 2 aromatic carbocycles. The summed E-state index contributed by atoms with van der Waals surface area (Å²) in [5.74, 6) is 1.68. The van der Waals surface area contributed by atoms with Crippen molar-refractivity contribution in [1.82, 2.24) is 9.88 Å². The molecule has 1 atom stereocenters. The number of benzene rings is 2. The quantitative estimate of drug-likeness (QED) is 0.478. The number of rotatable bonds is 8. The van der Waals surface area contributed by atoms with E-state index < -0.39 is 0 Å². The zero-order valence-electron chi connectivity index (χ0n) is 20.6. The normalized spacial score (nSPS) is 15.8. The molecular formula is C27H34N2O5. The fourth-order valence-corrected chi connectivity index (χ4v) is 5.12. The van der Waals surface area contributed by atoms with Gasteiger partial charge in [-0.15, -0.1) is 0 Å². The molecule has 3 aromatic rings. The third kappa shape index (κ3) is 4.44. The van der Waals surface area contributed by atoms with E-state index in [0.717, 1.165) is 42.7 Å². The lowest BCUT2D eigenvalue weighted by atomic mass is 9.89. The Morgan fingerprint density at radius 1 is 1.06 bits per heavy atom. The lowest BCUT2D eigenvalue weighted by molar-refractivity contribution is -0.149. The number of nitrogens with zero attached hydrogens (tertiary/aromatic N) is 1. The van der Waals surface area contributed by atoms with E-state index in [1.54, 1.807) is 21.3 Å². The number of methoxy groups -OCH3 is 3. The summed E-state index contributed by atoms with van der Waals surface area (Å²) in [7, 11) is 4.89. The molecule has 1 saturated heterocycles. The molecule has 0 amide bonds. The number of aromatic amines is 1. The zero-order valence-corrected chi connectivity index (χ0v) is 20.6. The van der Waals surface area contributed by atoms with Crippen molar-refractivity contribution in [1.29, 1.82) is 0 Å². The first-order valence-corrected chi connectivity index (χ1v) is 11.8. The van der Waals surface area contributed by atoms with E-state index in [1.165, 1.54) is 10.9 Å². The van der Waals surface area contributed by atoms with Gasteiger partial charge in [-0.2, -0.15) is 0 Å². The van der Waals surface area contributed by atoms with Crippen molar-refractivity contribution in [2.45, 2.75) is 32.7 Å². The number of fused-ring (bicyclic) bond motifs is 1. The molecule has 2 heterocycles. The number of para-hydroxylation sites is 1. The van der Waals surface area contributed by atoms with Crippen LogP contribution in [0, 0.1) is 12.8 Å². The number of esters is 1. The summed E-state index contributed by atoms with van der Waals surface area (Å²) in [4.78, 5) is 18.3. The maximum absolute atomic E-state index is 12.3. The fourth-order valence-electron chi connectivity index (χ4n) is 5.12. The number of hydrogen-bond donors (Lipinski definition) is 1. The topological polar surface area (TPSA) is 73.0 Å². The van der Waals surface area contributed by atoms with E-state index in [0.29, 0.717) is 23.9 Å². The summed E-state index contributed by atoms with van der Waals surface area (Å²) in [6, 6.07) is 12.4. The smallest absolute Gasteiger partial charge is 0.309 e. The molecule has 0 saturated carbocycles. The second-order valence-corrected chi connectivity index (χ2v) is 8.63. The van der Waals surface area contributed by atoms with Crippen molar-refractivity contribution in [2.75, 3.05) is 41.0 Å². The van der Waals surface area contributed by atoms with Gasteiger partial charge in [-0.1, -0.05) is 18.2 Å². The molecule has 1 fully saturated rings. The molecular weight excluding hydrogens is 432 g/mol. The van der Waals surface area contributed by atoms with E-state index in [-0.39, 0.29) is 17.9 Å². The molecule has 0 aliphatic carbocycles. The van der Waals surface area contributed by atoms with E-state index in [1.807, 2.05) is 25.1 Å². The Morgan fingerprint density at radius 3 is 2.29 bits per heavy atom. The van der Waals surface area contributed by atoms with Gasteiger partial charge in [0.25, 0.3) is 0 Å². The second kappa shape index (κ2) is 10.4. The number of ether oxygens (including phenoxy) is 4. The SMILES string of the molecule is CCOC(=O)C1CCN(C(c2cc(OC)c(OC)c(OC)c2)c2c(C)[nH]c3ccccc23)CC1. The summed E-state index contributed by atoms with van der Waals surface area (Å²) in [5.41, 5.74) is 4.50. The first-order chi connectivity index (χ1) is 16.5. The monoisotopic (exact) mass is 466 g/mol. The second-order valence-electron chi connectivity index (χ2n) is 8.63. The third-order valence-corrected chi connectivity index (χ3v) is 6.73. The van der Waals surface area contributed by atoms with Crippen molar-refractivity contribution < 1.29 is 23.7 Å². The number of likely N-dealkylation sites (tertiary alicyclic amines) is 1. The van der Waals surface area contributed by atoms with Crippen LogP contribution in [0.15, 0.2) is 36.4 Å². The van der Waals surface area contributed by atoms with E-state index in [4.69, 9.17) is 18.9 Å². The van der Waals surface area contributed by atoms with Crippen LogP contribution < -0.4 is 14.2 Å². The first-order valence-electron chi connectivity index (χ1n) is 11.8. The standard InChI is InChI=1S/C27H34N2O5/c1-6-34-27(30)18-11-13-29(14-12-18)25(24-17(2)28-21-10-8-7-9-20(21)24)19-15-22(31-3)26(33-5)23(16-19)32-4/h7-10,15-16,18,25,28H,6,11-14H2,1-5H3. The lowest BCUT2D eigenvalue weighted by Crippen LogP contribution is -2.39. The van der Waals surface area contributed by atoms with Crippen molar-refractivity contribution in [3.8, 4) is 17.2 Å². The van der Waals surface area contributed by atoms with Crippen LogP contribution in [0.1, 0.15) is 42.6 Å². The molecule has 0 bridgehead atoms. The van der Waals surface area contributed by atoms with Crippen LogP contribution >= 0.6 is 0 Å². The molecule has 7 nitrogen and oxygen atoms in total. The van der Waals surface area contributed by atoms with Crippen LogP contribution in [0.3, 0.4) is 0 Å². The van der Waals surface area contributed by atoms with Crippen LogP contribution in [0.2, 0.25) is 0 Å². The minimum atomic E-state index is -0.0882. The Morgan fingerprint density at radius 2 is 1.71 bits per heavy atom. The summed E-state index contributed by atoms with van der Waals surface area (Å²) >= 11 is 0. The molecule has 1 aliphatic heterocycles. The predicted molar refractivity (Wildman–Crippen MR) is 132 cm³/mol. The van der Waals surface area contributed by atoms with Gasteiger partial charge in [0.2, 0.25) is 5.75 Å². The van der Waals surface area contributed by atoms with Gasteiger partial charge in [-0.05, 0) is 63.5 Å². The highest BCUT2D eigenvalue weighted by Gasteiger charge is 2.34. The number of aromatic nitrogens is 1. The fraction of sp³-hybridized carbons (Fsp3) is 0.444. The molecule has 1 aromatic heterocycles. The molecule has 7 heteroatoms. The maximum atomic E-state index is 12.3. The molecule has 34 heavy (non-hydrogen) atoms. The lowest BCUT2D eigenvalue weighted by Gasteiger charge is -2.38. The largest absolute Gasteiger partial charge is 0.493 e. The van der Waals surface area contributed by atoms with Crippen LogP contribution in [-0.4, -0.2) is 56.9 Å². The Bertz CT molecular complexity index is 1120. The van der Waals surface area contributed by atoms with Crippen molar-refractivity contribution in [3.05, 3.63) is 53.2 Å². The molecule has 0 radical (unpaired) electrons. The number of hydrogen-bond acceptors (Lipinski definition) is 6. The van der Waals surface area contributed by atoms with Crippen LogP contribution in [0.5, 0.6) is 17.2 Å². The Hall–Kier alpha value is -3.19. The third-order valence-electron chi connectivity index (χ3n) is 6.73. The molecule has 0 spiro atoms. The van der Waals surface area contributed by atoms with Gasteiger partial charge >= 0.3 is 5.97 Å². The minimum Gasteiger partial charge on any atom is -0.493 e. The number of nitrogens with one attached hydrogen (secondary N) is 1. The van der Waals surface area contributed by atoms with E-state index >= 15 is 0 Å². The molecule has 1 aliphatic rings. The Kier molecular flexibility index (Phi) is 7.32. The van der Waals surface area contributed by atoms with Crippen molar-refractivity contribution >= 4 is 16.9 Å². The summed E-state index contributed by atoms with van der Waals surface area (Å²) in [6.45, 7) is 5.95. The summed E-state index contributed by atoms with van der Waals surface area (Å²) in [6.07, 6.45) is 1.53. The molecule has 1 N–H and O–H groups in total. The first kappa shape index (κ1) is 24.0. The van der Waals surface area contributed by atoms with Gasteiger partial charge in [-0.3, -0.25) is 9.69 Å². The number of carbonyl (C=O) groups excluding carboxylic acids is 1. The Balaban J connectivity index is 1.81. The van der Waals surface area contributed by atoms with Crippen LogP contribution in [0.25, 0.3) is 10.9 Å². The average molecular weight is 467 g/mol. The number of aryl methyl sites for hydroxylation is 1. The number of piperidine rings is 1. The number of H-pyrrole nitrogens is 1. The Labute approximate surface area is 200 Å². The van der Waals surface area contributed by atoms with Gasteiger partial charge in [0, 0.05) is 22.2 Å². The highest BCUT2D eigenvalue weighted by molar-refractivity contribution is 5.85. The predicted octanol–water partition coefficient (Wildman–Crippen LogP) is 4.87. The van der Waals surface area contributed by atoms with Gasteiger partial charge in [-0.25, -0.2) is 0 Å². The van der Waals surface area contributed by atoms with E-state index in [2.05, 4.69) is 35.0 Å². The van der Waals surface area contributed by atoms with Crippen molar-refractivity contribution in [3.63, 3.8) is 0 Å². The minimum absolute atomic E-state index is 0.0481. The average Bonchev–Trinajstić information content (AvgIpc) is 3.19. The maximum Gasteiger partial charge on any atom is 0.309 e. The van der Waals surface area contributed by atoms with Gasteiger partial charge in [0.1, 0.15) is 0 Å². The number of carbonyl (C=O) groups is 1. The zero-order chi connectivity index (χ0) is 24.2. The van der Waals surface area contributed by atoms with Gasteiger partial charge in [0.15, 0.2) is 11.5 Å². The highest BCUT2D eigenvalue weighted by Crippen LogP contribution is 2.44. The van der Waals surface area contributed by atoms with Crippen molar-refractivity contribution in [2.24, 2.45) is 5.92 Å². The highest BCUT2D eigenvalue weighted by atomic mass is 16.5. The van der Waals surface area contributed by atoms with Crippen LogP contribution in [-0.2, 0) is 9.53 Å². The van der Waals surface area contributed by atoms with Gasteiger partial charge in [0.05, 0.1) is 39.9 Å². The van der Waals surface area contributed by atoms with Crippen LogP contribution in [0.4, 0.5) is 0 Å². The summed E-state index contributed by atoms with van der Waals surface area (Å²) in [5, 5.41) is 1.19. The molecule has 4 rings (SSSR count). The van der Waals surface area contributed by atoms with E-state index in [9.17, 15) is 4.79 Å².